The van der Waals surface area contributed by atoms with E-state index >= 15 is 0 Å². The van der Waals surface area contributed by atoms with Gasteiger partial charge in [-0.25, -0.2) is 8.42 Å². The number of aromatic nitrogens is 1. The monoisotopic (exact) mass is 339 g/mol. The highest BCUT2D eigenvalue weighted by Crippen LogP contribution is 2.26. The van der Waals surface area contributed by atoms with E-state index in [4.69, 9.17) is 4.74 Å². The Labute approximate surface area is 136 Å². The Morgan fingerprint density at radius 3 is 2.52 bits per heavy atom. The number of carbonyl (C=O) groups excluding carboxylic acids is 1. The largest absolute Gasteiger partial charge is 0.381 e. The Kier molecular flexibility index (Phi) is 4.65. The van der Waals surface area contributed by atoms with Gasteiger partial charge in [0.05, 0.1) is 12.3 Å². The first-order chi connectivity index (χ1) is 11.0. The lowest BCUT2D eigenvalue weighted by Crippen LogP contribution is -2.64. The first kappa shape index (κ1) is 16.4. The molecule has 0 radical (unpaired) electrons. The van der Waals surface area contributed by atoms with Crippen molar-refractivity contribution in [1.82, 2.24) is 14.2 Å². The number of pyridine rings is 1. The van der Waals surface area contributed by atoms with Gasteiger partial charge in [0.25, 0.3) is 5.91 Å². The Bertz CT molecular complexity index is 653. The summed E-state index contributed by atoms with van der Waals surface area (Å²) >= 11 is 0. The number of ether oxygens (including phenoxy) is 1. The second-order valence-electron chi connectivity index (χ2n) is 6.02. The summed E-state index contributed by atoms with van der Waals surface area (Å²) in [5, 5.41) is 0. The summed E-state index contributed by atoms with van der Waals surface area (Å²) in [7, 11) is -3.31. The van der Waals surface area contributed by atoms with Crippen LogP contribution in [0.1, 0.15) is 23.3 Å². The Morgan fingerprint density at radius 1 is 1.26 bits per heavy atom. The van der Waals surface area contributed by atoms with Gasteiger partial charge < -0.3 is 9.64 Å². The van der Waals surface area contributed by atoms with Crippen LogP contribution in [0.5, 0.6) is 0 Å². The molecule has 0 spiro atoms. The van der Waals surface area contributed by atoms with Crippen molar-refractivity contribution >= 4 is 15.9 Å². The molecule has 0 aromatic carbocycles. The zero-order valence-corrected chi connectivity index (χ0v) is 13.9. The average molecular weight is 339 g/mol. The number of likely N-dealkylation sites (tertiary alicyclic amines) is 1. The van der Waals surface area contributed by atoms with E-state index in [0.717, 1.165) is 0 Å². The zero-order valence-electron chi connectivity index (χ0n) is 13.1. The molecule has 7 nitrogen and oxygen atoms in total. The quantitative estimate of drug-likeness (QED) is 0.791. The van der Waals surface area contributed by atoms with E-state index in [0.29, 0.717) is 44.8 Å². The smallest absolute Gasteiger partial charge is 0.272 e. The van der Waals surface area contributed by atoms with Crippen LogP contribution in [-0.4, -0.2) is 73.2 Å². The van der Waals surface area contributed by atoms with Crippen LogP contribution >= 0.6 is 0 Å². The summed E-state index contributed by atoms with van der Waals surface area (Å²) in [6.45, 7) is 2.00. The summed E-state index contributed by atoms with van der Waals surface area (Å²) in [5.41, 5.74) is 0.392. The second kappa shape index (κ2) is 6.54. The molecule has 3 rings (SSSR count). The third-order valence-corrected chi connectivity index (χ3v) is 5.69. The fraction of sp³-hybridized carbons (Fsp3) is 0.600. The van der Waals surface area contributed by atoms with E-state index in [1.54, 1.807) is 33.6 Å². The third-order valence-electron chi connectivity index (χ3n) is 4.33. The van der Waals surface area contributed by atoms with E-state index in [1.807, 2.05) is 0 Å². The molecular weight excluding hydrogens is 318 g/mol. The van der Waals surface area contributed by atoms with Crippen molar-refractivity contribution in [3.63, 3.8) is 0 Å². The molecule has 23 heavy (non-hydrogen) atoms. The topological polar surface area (TPSA) is 79.8 Å². The van der Waals surface area contributed by atoms with Crippen molar-refractivity contribution in [2.45, 2.75) is 24.9 Å². The van der Waals surface area contributed by atoms with Crippen molar-refractivity contribution in [2.75, 3.05) is 32.6 Å². The lowest BCUT2D eigenvalue weighted by atomic mass is 10.0. The van der Waals surface area contributed by atoms with E-state index in [2.05, 4.69) is 4.98 Å². The maximum atomic E-state index is 12.3. The predicted octanol–water partition coefficient (Wildman–Crippen LogP) is 0.347. The zero-order chi connectivity index (χ0) is 16.4. The van der Waals surface area contributed by atoms with Crippen molar-refractivity contribution in [2.24, 2.45) is 0 Å². The highest BCUT2D eigenvalue weighted by molar-refractivity contribution is 7.88. The van der Waals surface area contributed by atoms with Crippen LogP contribution in [0.3, 0.4) is 0 Å². The molecule has 2 aliphatic rings. The van der Waals surface area contributed by atoms with Crippen molar-refractivity contribution in [3.8, 4) is 0 Å². The number of hydrogen-bond acceptors (Lipinski definition) is 5. The number of carbonyl (C=O) groups is 1. The first-order valence-electron chi connectivity index (χ1n) is 7.73. The van der Waals surface area contributed by atoms with Gasteiger partial charge in [0.1, 0.15) is 5.69 Å². The fourth-order valence-electron chi connectivity index (χ4n) is 3.21. The molecule has 2 saturated heterocycles. The molecular formula is C15H21N3O4S. The molecule has 0 aliphatic carbocycles. The van der Waals surface area contributed by atoms with Crippen LogP contribution in [0.15, 0.2) is 24.4 Å². The first-order valence-corrected chi connectivity index (χ1v) is 9.58. The number of hydrogen-bond donors (Lipinski definition) is 0. The third kappa shape index (κ3) is 3.54. The normalized spacial score (nSPS) is 20.5. The van der Waals surface area contributed by atoms with Gasteiger partial charge in [-0.05, 0) is 25.0 Å². The maximum Gasteiger partial charge on any atom is 0.272 e. The Morgan fingerprint density at radius 2 is 1.96 bits per heavy atom. The van der Waals surface area contributed by atoms with Crippen LogP contribution in [0.25, 0.3) is 0 Å². The lowest BCUT2D eigenvalue weighted by molar-refractivity contribution is 0.0123. The van der Waals surface area contributed by atoms with Gasteiger partial charge in [0, 0.05) is 38.5 Å². The summed E-state index contributed by atoms with van der Waals surface area (Å²) in [4.78, 5) is 18.0. The molecule has 1 aromatic heterocycles. The SMILES string of the molecule is CS(=O)(=O)N(C1CCOCC1)C1CN(C(=O)c2ccccn2)C1. The molecule has 126 valence electrons. The van der Waals surface area contributed by atoms with E-state index in [1.165, 1.54) is 6.26 Å². The minimum absolute atomic E-state index is 0.0316. The summed E-state index contributed by atoms with van der Waals surface area (Å²) in [6.07, 6.45) is 4.23. The van der Waals surface area contributed by atoms with Crippen LogP contribution in [-0.2, 0) is 14.8 Å². The van der Waals surface area contributed by atoms with Crippen molar-refractivity contribution < 1.29 is 17.9 Å². The molecule has 8 heteroatoms. The van der Waals surface area contributed by atoms with Crippen molar-refractivity contribution in [3.05, 3.63) is 30.1 Å². The van der Waals surface area contributed by atoms with Gasteiger partial charge >= 0.3 is 0 Å². The molecule has 2 aliphatic heterocycles. The van der Waals surface area contributed by atoms with E-state index < -0.39 is 10.0 Å². The van der Waals surface area contributed by atoms with Gasteiger partial charge in [0.15, 0.2) is 0 Å². The molecule has 0 unspecified atom stereocenters. The standard InChI is InChI=1S/C15H21N3O4S/c1-23(20,21)18(12-5-8-22-9-6-12)13-10-17(11-13)15(19)14-4-2-3-7-16-14/h2-4,7,12-13H,5-6,8-11H2,1H3. The minimum Gasteiger partial charge on any atom is -0.381 e. The van der Waals surface area contributed by atoms with Gasteiger partial charge in [0.2, 0.25) is 10.0 Å². The van der Waals surface area contributed by atoms with E-state index in [9.17, 15) is 13.2 Å². The number of amides is 1. The molecule has 3 heterocycles. The highest BCUT2D eigenvalue weighted by atomic mass is 32.2. The summed E-state index contributed by atoms with van der Waals surface area (Å²) in [5.74, 6) is -0.151. The van der Waals surface area contributed by atoms with Gasteiger partial charge in [-0.2, -0.15) is 4.31 Å². The molecule has 0 saturated carbocycles. The minimum atomic E-state index is -3.31. The molecule has 2 fully saturated rings. The lowest BCUT2D eigenvalue weighted by Gasteiger charge is -2.47. The molecule has 0 atom stereocenters. The highest BCUT2D eigenvalue weighted by Gasteiger charge is 2.42. The van der Waals surface area contributed by atoms with Gasteiger partial charge in [-0.15, -0.1) is 0 Å². The number of rotatable bonds is 4. The fourth-order valence-corrected chi connectivity index (χ4v) is 4.64. The van der Waals surface area contributed by atoms with Crippen LogP contribution < -0.4 is 0 Å². The van der Waals surface area contributed by atoms with Gasteiger partial charge in [-0.3, -0.25) is 9.78 Å². The van der Waals surface area contributed by atoms with Crippen LogP contribution in [0.4, 0.5) is 0 Å². The predicted molar refractivity (Wildman–Crippen MR) is 84.5 cm³/mol. The summed E-state index contributed by atoms with van der Waals surface area (Å²) < 4.78 is 31.3. The molecule has 0 bridgehead atoms. The second-order valence-corrected chi connectivity index (χ2v) is 7.90. The van der Waals surface area contributed by atoms with Gasteiger partial charge in [-0.1, -0.05) is 6.07 Å². The van der Waals surface area contributed by atoms with Crippen molar-refractivity contribution in [1.29, 1.82) is 0 Å². The molecule has 0 N–H and O–H groups in total. The van der Waals surface area contributed by atoms with Crippen LogP contribution in [0, 0.1) is 0 Å². The summed E-state index contributed by atoms with van der Waals surface area (Å²) in [6, 6.07) is 5.01. The Hall–Kier alpha value is -1.51. The van der Waals surface area contributed by atoms with Crippen LogP contribution in [0.2, 0.25) is 0 Å². The number of nitrogens with zero attached hydrogens (tertiary/aromatic N) is 3. The van der Waals surface area contributed by atoms with E-state index in [-0.39, 0.29) is 18.0 Å². The Balaban J connectivity index is 1.67. The molecule has 1 amide bonds. The average Bonchev–Trinajstić information content (AvgIpc) is 2.50. The molecule has 1 aromatic rings. The number of sulfonamides is 1. The maximum absolute atomic E-state index is 12.3.